The Hall–Kier alpha value is 0.350. The molecule has 2 N–H and O–H groups in total. The van der Waals surface area contributed by atoms with Crippen molar-refractivity contribution in [2.24, 2.45) is 5.90 Å². The minimum absolute atomic E-state index is 0.718. The number of hydrogen-bond donors (Lipinski definition) is 1. The van der Waals surface area contributed by atoms with E-state index >= 15 is 0 Å². The van der Waals surface area contributed by atoms with E-state index < -0.39 is 7.26 Å². The summed E-state index contributed by atoms with van der Waals surface area (Å²) in [4.78, 5) is 4.45. The first-order valence-electron chi connectivity index (χ1n) is 2.88. The van der Waals surface area contributed by atoms with E-state index in [4.69, 9.17) is 5.90 Å². The third-order valence-corrected chi connectivity index (χ3v) is 2.67. The van der Waals surface area contributed by atoms with Gasteiger partial charge in [-0.15, -0.1) is 0 Å². The molecule has 0 heterocycles. The van der Waals surface area contributed by atoms with Gasteiger partial charge in [-0.3, -0.25) is 0 Å². The molecule has 8 heavy (non-hydrogen) atoms. The normalized spacial score (nSPS) is 14.0. The van der Waals surface area contributed by atoms with Crippen LogP contribution in [0.3, 0.4) is 0 Å². The molecule has 0 bridgehead atoms. The molecule has 0 fully saturated rings. The Morgan fingerprint density at radius 3 is 2.00 bits per heavy atom. The zero-order valence-electron chi connectivity index (χ0n) is 5.90. The summed E-state index contributed by atoms with van der Waals surface area (Å²) in [5, 5.41) is 0. The average molecular weight is 137 g/mol. The molecule has 2 nitrogen and oxygen atoms in total. The van der Waals surface area contributed by atoms with E-state index in [9.17, 15) is 0 Å². The summed E-state index contributed by atoms with van der Waals surface area (Å²) in [6.45, 7) is 7.61. The van der Waals surface area contributed by atoms with E-state index in [-0.39, 0.29) is 0 Å². The van der Waals surface area contributed by atoms with E-state index in [0.717, 1.165) is 12.8 Å². The summed E-state index contributed by atoms with van der Waals surface area (Å²) >= 11 is 0. The average Bonchev–Trinajstić information content (AvgIpc) is 1.59. The van der Waals surface area contributed by atoms with Crippen molar-refractivity contribution >= 4 is 7.26 Å². The third-order valence-electron chi connectivity index (χ3n) is 0.970. The molecule has 0 radical (unpaired) electrons. The molecular weight excluding hydrogens is 121 g/mol. The Labute approximate surface area is 51.7 Å². The molecule has 0 aliphatic heterocycles. The summed E-state index contributed by atoms with van der Waals surface area (Å²) in [5.74, 6) is 4.86. The standard InChI is InChI=1S/C5H16NOP/c1-8(2,3)5-4-7-6/h8H,4-6H2,1-3H3. The van der Waals surface area contributed by atoms with Gasteiger partial charge < -0.3 is 0 Å². The van der Waals surface area contributed by atoms with Crippen LogP contribution in [0, 0.1) is 0 Å². The third kappa shape index (κ3) is 6.35. The van der Waals surface area contributed by atoms with E-state index in [2.05, 4.69) is 24.8 Å². The second kappa shape index (κ2) is 3.39. The van der Waals surface area contributed by atoms with Crippen molar-refractivity contribution < 1.29 is 4.84 Å². The molecule has 0 rings (SSSR count). The van der Waals surface area contributed by atoms with Gasteiger partial charge in [0.2, 0.25) is 0 Å². The van der Waals surface area contributed by atoms with Crippen molar-refractivity contribution in [2.45, 2.75) is 0 Å². The number of hydrogen-bond acceptors (Lipinski definition) is 2. The molecule has 0 saturated heterocycles. The van der Waals surface area contributed by atoms with Crippen molar-refractivity contribution in [3.63, 3.8) is 0 Å². The van der Waals surface area contributed by atoms with Gasteiger partial charge in [-0.05, 0) is 0 Å². The van der Waals surface area contributed by atoms with E-state index in [1.165, 1.54) is 0 Å². The summed E-state index contributed by atoms with van der Waals surface area (Å²) in [5.41, 5.74) is 0. The van der Waals surface area contributed by atoms with Crippen LogP contribution < -0.4 is 5.90 Å². The minimum atomic E-state index is -0.883. The van der Waals surface area contributed by atoms with Gasteiger partial charge in [0.15, 0.2) is 0 Å². The summed E-state index contributed by atoms with van der Waals surface area (Å²) in [7, 11) is -0.883. The molecule has 3 heteroatoms. The topological polar surface area (TPSA) is 35.2 Å². The van der Waals surface area contributed by atoms with Crippen LogP contribution in [-0.2, 0) is 4.84 Å². The second-order valence-corrected chi connectivity index (χ2v) is 8.80. The first-order valence-corrected chi connectivity index (χ1v) is 6.59. The van der Waals surface area contributed by atoms with Gasteiger partial charge in [0.05, 0.1) is 0 Å². The van der Waals surface area contributed by atoms with Crippen molar-refractivity contribution in [3.8, 4) is 0 Å². The molecule has 0 aromatic rings. The Balaban J connectivity index is 3.11. The van der Waals surface area contributed by atoms with Crippen molar-refractivity contribution in [3.05, 3.63) is 0 Å². The fourth-order valence-electron chi connectivity index (χ4n) is 0.365. The summed E-state index contributed by atoms with van der Waals surface area (Å²) in [6.07, 6.45) is 1.16. The van der Waals surface area contributed by atoms with Crippen LogP contribution in [0.4, 0.5) is 0 Å². The Morgan fingerprint density at radius 1 is 1.38 bits per heavy atom. The molecule has 0 unspecified atom stereocenters. The fraction of sp³-hybridized carbons (Fsp3) is 1.00. The van der Waals surface area contributed by atoms with Crippen molar-refractivity contribution in [1.29, 1.82) is 0 Å². The first kappa shape index (κ1) is 8.35. The second-order valence-electron chi connectivity index (χ2n) is 3.18. The molecule has 0 amide bonds. The monoisotopic (exact) mass is 137 g/mol. The molecule has 0 saturated carbocycles. The first-order chi connectivity index (χ1) is 3.56. The van der Waals surface area contributed by atoms with E-state index in [1.807, 2.05) is 0 Å². The summed E-state index contributed by atoms with van der Waals surface area (Å²) < 4.78 is 0. The molecule has 52 valence electrons. The van der Waals surface area contributed by atoms with Crippen LogP contribution in [0.15, 0.2) is 0 Å². The fourth-order valence-corrected chi connectivity index (χ4v) is 1.10. The molecule has 0 atom stereocenters. The van der Waals surface area contributed by atoms with Crippen LogP contribution >= 0.6 is 7.26 Å². The van der Waals surface area contributed by atoms with Gasteiger partial charge in [0, 0.05) is 0 Å². The van der Waals surface area contributed by atoms with Gasteiger partial charge in [-0.2, -0.15) is 0 Å². The van der Waals surface area contributed by atoms with Gasteiger partial charge in [-0.1, -0.05) is 0 Å². The van der Waals surface area contributed by atoms with Crippen LogP contribution in [0.25, 0.3) is 0 Å². The molecule has 0 spiro atoms. The van der Waals surface area contributed by atoms with E-state index in [0.29, 0.717) is 0 Å². The van der Waals surface area contributed by atoms with E-state index in [1.54, 1.807) is 0 Å². The zero-order valence-corrected chi connectivity index (χ0v) is 6.90. The Morgan fingerprint density at radius 2 is 1.88 bits per heavy atom. The maximum atomic E-state index is 4.86. The molecular formula is C5H16NOP. The van der Waals surface area contributed by atoms with Gasteiger partial charge >= 0.3 is 50.8 Å². The quantitative estimate of drug-likeness (QED) is 0.454. The van der Waals surface area contributed by atoms with Gasteiger partial charge in [0.25, 0.3) is 0 Å². The van der Waals surface area contributed by atoms with Crippen LogP contribution in [0.5, 0.6) is 0 Å². The van der Waals surface area contributed by atoms with Gasteiger partial charge in [0.1, 0.15) is 0 Å². The molecule has 0 aromatic heterocycles. The van der Waals surface area contributed by atoms with Crippen LogP contribution in [-0.4, -0.2) is 32.8 Å². The number of rotatable bonds is 3. The molecule has 0 aliphatic rings. The zero-order chi connectivity index (χ0) is 6.62. The molecule has 0 aliphatic carbocycles. The predicted molar refractivity (Wildman–Crippen MR) is 41.1 cm³/mol. The maximum absolute atomic E-state index is 4.86. The Bertz CT molecular complexity index is 59.9. The Kier molecular flexibility index (Phi) is 3.54. The predicted octanol–water partition coefficient (Wildman–Crippen LogP) is 0.516. The van der Waals surface area contributed by atoms with Crippen LogP contribution in [0.1, 0.15) is 0 Å². The van der Waals surface area contributed by atoms with Crippen molar-refractivity contribution in [1.82, 2.24) is 0 Å². The van der Waals surface area contributed by atoms with Crippen molar-refractivity contribution in [2.75, 3.05) is 32.8 Å². The summed E-state index contributed by atoms with van der Waals surface area (Å²) in [6, 6.07) is 0. The SMILES string of the molecule is C[PH](C)(C)CCON. The number of nitrogens with two attached hydrogens (primary N) is 1. The molecule has 0 aromatic carbocycles. The van der Waals surface area contributed by atoms with Gasteiger partial charge in [-0.25, -0.2) is 0 Å². The van der Waals surface area contributed by atoms with Crippen LogP contribution in [0.2, 0.25) is 0 Å².